The fraction of sp³-hybridized carbons (Fsp3) is 0.714. The lowest BCUT2D eigenvalue weighted by Gasteiger charge is -2.12. The summed E-state index contributed by atoms with van der Waals surface area (Å²) in [5, 5.41) is 0. The van der Waals surface area contributed by atoms with Gasteiger partial charge in [-0.1, -0.05) is 25.8 Å². The number of ether oxygens (including phenoxy) is 2. The summed E-state index contributed by atoms with van der Waals surface area (Å²) in [6.07, 6.45) is 5.96. The molecule has 0 aromatic carbocycles. The van der Waals surface area contributed by atoms with E-state index >= 15 is 0 Å². The zero-order chi connectivity index (χ0) is 14.0. The third-order valence-corrected chi connectivity index (χ3v) is 2.42. The molecule has 104 valence electrons. The van der Waals surface area contributed by atoms with Crippen LogP contribution in [0.15, 0.2) is 12.2 Å². The lowest BCUT2D eigenvalue weighted by Crippen LogP contribution is -2.17. The lowest BCUT2D eigenvalue weighted by atomic mass is 10.0. The molecule has 0 heterocycles. The van der Waals surface area contributed by atoms with Gasteiger partial charge in [-0.05, 0) is 26.3 Å². The summed E-state index contributed by atoms with van der Waals surface area (Å²) in [5.41, 5.74) is 0. The average Bonchev–Trinajstić information content (AvgIpc) is 2.28. The molecule has 4 nitrogen and oxygen atoms in total. The van der Waals surface area contributed by atoms with Crippen LogP contribution in [0.3, 0.4) is 0 Å². The van der Waals surface area contributed by atoms with Gasteiger partial charge >= 0.3 is 11.9 Å². The van der Waals surface area contributed by atoms with Crippen LogP contribution in [0, 0.1) is 5.92 Å². The minimum atomic E-state index is -0.326. The normalized spacial score (nSPS) is 14.2. The fourth-order valence-electron chi connectivity index (χ4n) is 1.56. The van der Waals surface area contributed by atoms with Crippen LogP contribution in [0.2, 0.25) is 0 Å². The maximum absolute atomic E-state index is 11.7. The summed E-state index contributed by atoms with van der Waals surface area (Å²) in [7, 11) is 0. The predicted molar refractivity (Wildman–Crippen MR) is 70.0 cm³/mol. The van der Waals surface area contributed by atoms with Gasteiger partial charge in [0.2, 0.25) is 0 Å². The van der Waals surface area contributed by atoms with Gasteiger partial charge in [0.25, 0.3) is 0 Å². The molecule has 0 unspecified atom stereocenters. The highest BCUT2D eigenvalue weighted by Crippen LogP contribution is 2.13. The van der Waals surface area contributed by atoms with E-state index in [1.165, 1.54) is 6.92 Å². The quantitative estimate of drug-likeness (QED) is 0.495. The van der Waals surface area contributed by atoms with Crippen LogP contribution in [-0.4, -0.2) is 24.6 Å². The molecule has 0 saturated carbocycles. The Kier molecular flexibility index (Phi) is 8.97. The first-order chi connectivity index (χ1) is 8.51. The van der Waals surface area contributed by atoms with Gasteiger partial charge in [-0.2, -0.15) is 0 Å². The second-order valence-corrected chi connectivity index (χ2v) is 4.20. The smallest absolute Gasteiger partial charge is 0.312 e. The molecule has 18 heavy (non-hydrogen) atoms. The van der Waals surface area contributed by atoms with Crippen LogP contribution in [0.5, 0.6) is 0 Å². The molecule has 0 aromatic rings. The number of hydrogen-bond donors (Lipinski definition) is 0. The number of unbranched alkanes of at least 4 members (excludes halogenated alkanes) is 1. The van der Waals surface area contributed by atoms with E-state index in [1.54, 1.807) is 26.0 Å². The topological polar surface area (TPSA) is 52.6 Å². The Labute approximate surface area is 109 Å². The van der Waals surface area contributed by atoms with Crippen molar-refractivity contribution < 1.29 is 19.1 Å². The molecule has 0 amide bonds. The van der Waals surface area contributed by atoms with Crippen molar-refractivity contribution in [3.05, 3.63) is 12.2 Å². The van der Waals surface area contributed by atoms with Gasteiger partial charge in [0.1, 0.15) is 6.10 Å². The van der Waals surface area contributed by atoms with Gasteiger partial charge in [-0.25, -0.2) is 0 Å². The minimum Gasteiger partial charge on any atom is -0.466 e. The molecule has 0 rings (SSSR count). The second-order valence-electron chi connectivity index (χ2n) is 4.20. The molecule has 0 saturated heterocycles. The van der Waals surface area contributed by atoms with Crippen LogP contribution < -0.4 is 0 Å². The Morgan fingerprint density at radius 3 is 2.39 bits per heavy atom. The lowest BCUT2D eigenvalue weighted by molar-refractivity contribution is -0.146. The molecule has 4 heteroatoms. The van der Waals surface area contributed by atoms with Crippen molar-refractivity contribution in [1.29, 1.82) is 0 Å². The van der Waals surface area contributed by atoms with Crippen molar-refractivity contribution in [2.75, 3.05) is 6.61 Å². The van der Waals surface area contributed by atoms with Gasteiger partial charge in [-0.15, -0.1) is 0 Å². The molecule has 0 aliphatic rings. The molecule has 0 bridgehead atoms. The van der Waals surface area contributed by atoms with Crippen molar-refractivity contribution in [3.8, 4) is 0 Å². The molecular weight excluding hydrogens is 232 g/mol. The molecule has 0 aliphatic carbocycles. The van der Waals surface area contributed by atoms with Crippen LogP contribution in [-0.2, 0) is 19.1 Å². The monoisotopic (exact) mass is 256 g/mol. The Morgan fingerprint density at radius 2 is 1.89 bits per heavy atom. The first-order valence-corrected chi connectivity index (χ1v) is 6.53. The van der Waals surface area contributed by atoms with Crippen molar-refractivity contribution in [2.24, 2.45) is 5.92 Å². The van der Waals surface area contributed by atoms with E-state index < -0.39 is 0 Å². The van der Waals surface area contributed by atoms with Gasteiger partial charge in [0.15, 0.2) is 0 Å². The van der Waals surface area contributed by atoms with Gasteiger partial charge in [-0.3, -0.25) is 9.59 Å². The Morgan fingerprint density at radius 1 is 1.22 bits per heavy atom. The first-order valence-electron chi connectivity index (χ1n) is 6.53. The summed E-state index contributed by atoms with van der Waals surface area (Å²) in [6.45, 7) is 7.38. The highest BCUT2D eigenvalue weighted by molar-refractivity contribution is 5.74. The molecular formula is C14H24O4. The van der Waals surface area contributed by atoms with E-state index in [0.717, 1.165) is 19.3 Å². The first kappa shape index (κ1) is 16.7. The van der Waals surface area contributed by atoms with Crippen LogP contribution in [0.25, 0.3) is 0 Å². The van der Waals surface area contributed by atoms with Crippen molar-refractivity contribution in [3.63, 3.8) is 0 Å². The average molecular weight is 256 g/mol. The van der Waals surface area contributed by atoms with E-state index in [0.29, 0.717) is 6.61 Å². The van der Waals surface area contributed by atoms with E-state index in [4.69, 9.17) is 9.47 Å². The van der Waals surface area contributed by atoms with Gasteiger partial charge < -0.3 is 9.47 Å². The Balaban J connectivity index is 4.41. The Hall–Kier alpha value is -1.32. The molecule has 0 radical (unpaired) electrons. The maximum atomic E-state index is 11.7. The number of hydrogen-bond acceptors (Lipinski definition) is 4. The number of carbonyl (C=O) groups excluding carboxylic acids is 2. The molecule has 0 N–H and O–H groups in total. The van der Waals surface area contributed by atoms with E-state index in [9.17, 15) is 9.59 Å². The summed E-state index contributed by atoms with van der Waals surface area (Å²) in [5.74, 6) is -0.784. The molecule has 0 fully saturated rings. The largest absolute Gasteiger partial charge is 0.466 e. The maximum Gasteiger partial charge on any atom is 0.312 e. The van der Waals surface area contributed by atoms with Crippen molar-refractivity contribution in [1.82, 2.24) is 0 Å². The highest BCUT2D eigenvalue weighted by Gasteiger charge is 2.16. The van der Waals surface area contributed by atoms with Crippen LogP contribution in [0.1, 0.15) is 47.0 Å². The molecule has 0 spiro atoms. The summed E-state index contributed by atoms with van der Waals surface area (Å²) >= 11 is 0. The minimum absolute atomic E-state index is 0.211. The van der Waals surface area contributed by atoms with Crippen molar-refractivity contribution in [2.45, 2.75) is 53.1 Å². The SMILES string of the molecule is CCCC[C@H](/C=C/[C@@H](C)OC(C)=O)C(=O)OCC. The molecule has 0 aromatic heterocycles. The van der Waals surface area contributed by atoms with E-state index in [-0.39, 0.29) is 24.0 Å². The number of rotatable bonds is 8. The Bertz CT molecular complexity index is 284. The summed E-state index contributed by atoms with van der Waals surface area (Å²) in [6, 6.07) is 0. The zero-order valence-corrected chi connectivity index (χ0v) is 11.8. The van der Waals surface area contributed by atoms with Crippen LogP contribution >= 0.6 is 0 Å². The van der Waals surface area contributed by atoms with Crippen LogP contribution in [0.4, 0.5) is 0 Å². The summed E-state index contributed by atoms with van der Waals surface area (Å²) in [4.78, 5) is 22.5. The summed E-state index contributed by atoms with van der Waals surface area (Å²) < 4.78 is 9.98. The third-order valence-electron chi connectivity index (χ3n) is 2.42. The van der Waals surface area contributed by atoms with Crippen molar-refractivity contribution >= 4 is 11.9 Å². The highest BCUT2D eigenvalue weighted by atomic mass is 16.5. The predicted octanol–water partition coefficient (Wildman–Crippen LogP) is 2.86. The molecule has 0 aliphatic heterocycles. The number of carbonyl (C=O) groups is 2. The zero-order valence-electron chi connectivity index (χ0n) is 11.8. The third kappa shape index (κ3) is 7.87. The van der Waals surface area contributed by atoms with Gasteiger partial charge in [0.05, 0.1) is 12.5 Å². The van der Waals surface area contributed by atoms with E-state index in [2.05, 4.69) is 6.92 Å². The fourth-order valence-corrected chi connectivity index (χ4v) is 1.56. The van der Waals surface area contributed by atoms with E-state index in [1.807, 2.05) is 0 Å². The second kappa shape index (κ2) is 9.68. The van der Waals surface area contributed by atoms with Gasteiger partial charge in [0, 0.05) is 6.92 Å². The standard InChI is InChI=1S/C14H24O4/c1-5-7-8-13(14(16)17-6-2)10-9-11(3)18-12(4)15/h9-11,13H,5-8H2,1-4H3/b10-9+/t11-,13-/m1/s1. The number of esters is 2. The molecule has 2 atom stereocenters.